The van der Waals surface area contributed by atoms with Crippen molar-refractivity contribution in [1.82, 2.24) is 14.0 Å². The van der Waals surface area contributed by atoms with Gasteiger partial charge >= 0.3 is 0 Å². The molecule has 0 saturated carbocycles. The zero-order chi connectivity index (χ0) is 12.8. The summed E-state index contributed by atoms with van der Waals surface area (Å²) in [7, 11) is 0. The minimum Gasteiger partial charge on any atom is -0.510 e. The molecule has 0 fully saturated rings. The topological polar surface area (TPSA) is 42.5 Å². The van der Waals surface area contributed by atoms with Gasteiger partial charge in [0.25, 0.3) is 0 Å². The highest BCUT2D eigenvalue weighted by molar-refractivity contribution is 5.80. The first-order valence-electron chi connectivity index (χ1n) is 6.70. The average molecular weight is 253 g/mol. The zero-order valence-electron chi connectivity index (χ0n) is 10.6. The third-order valence-electron chi connectivity index (χ3n) is 3.86. The minimum absolute atomic E-state index is 0.511. The lowest BCUT2D eigenvalue weighted by molar-refractivity contribution is 0.369. The number of hydrogen-bond donors (Lipinski definition) is 1. The normalized spacial score (nSPS) is 16.6. The second-order valence-corrected chi connectivity index (χ2v) is 5.04. The first kappa shape index (κ1) is 10.7. The number of imidazole rings is 2. The zero-order valence-corrected chi connectivity index (χ0v) is 10.6. The van der Waals surface area contributed by atoms with Gasteiger partial charge in [0.1, 0.15) is 5.76 Å². The summed E-state index contributed by atoms with van der Waals surface area (Å²) in [5, 5.41) is 10.1. The summed E-state index contributed by atoms with van der Waals surface area (Å²) in [5.74, 6) is 1.39. The number of nitrogens with zero attached hydrogens (tertiary/aromatic N) is 3. The maximum Gasteiger partial charge on any atom is 0.219 e. The lowest BCUT2D eigenvalue weighted by Crippen LogP contribution is -2.05. The fourth-order valence-corrected chi connectivity index (χ4v) is 2.89. The van der Waals surface area contributed by atoms with E-state index in [1.54, 1.807) is 0 Å². The molecule has 1 aliphatic rings. The van der Waals surface area contributed by atoms with Gasteiger partial charge in [-0.1, -0.05) is 12.1 Å². The number of rotatable bonds is 1. The Balaban J connectivity index is 2.00. The highest BCUT2D eigenvalue weighted by atomic mass is 16.3. The van der Waals surface area contributed by atoms with Crippen LogP contribution >= 0.6 is 0 Å². The molecule has 1 aromatic carbocycles. The Morgan fingerprint density at radius 3 is 2.79 bits per heavy atom. The van der Waals surface area contributed by atoms with Crippen LogP contribution in [0.15, 0.2) is 42.4 Å². The van der Waals surface area contributed by atoms with Crippen molar-refractivity contribution in [2.45, 2.75) is 25.7 Å². The molecular weight excluding hydrogens is 238 g/mol. The van der Waals surface area contributed by atoms with E-state index in [1.807, 2.05) is 35.2 Å². The first-order valence-corrected chi connectivity index (χ1v) is 6.70. The van der Waals surface area contributed by atoms with E-state index in [2.05, 4.69) is 15.5 Å². The van der Waals surface area contributed by atoms with Gasteiger partial charge in [0, 0.05) is 18.8 Å². The van der Waals surface area contributed by atoms with Gasteiger partial charge in [-0.3, -0.25) is 8.97 Å². The molecule has 19 heavy (non-hydrogen) atoms. The van der Waals surface area contributed by atoms with Crippen LogP contribution in [0, 0.1) is 0 Å². The quantitative estimate of drug-likeness (QED) is 0.720. The molecule has 1 N–H and O–H groups in total. The van der Waals surface area contributed by atoms with Gasteiger partial charge in [-0.05, 0) is 31.4 Å². The fraction of sp³-hybridized carbons (Fsp3) is 0.267. The maximum atomic E-state index is 10.1. The van der Waals surface area contributed by atoms with Gasteiger partial charge in [-0.2, -0.15) is 0 Å². The van der Waals surface area contributed by atoms with Crippen LogP contribution in [0.4, 0.5) is 0 Å². The van der Waals surface area contributed by atoms with Crippen LogP contribution < -0.4 is 0 Å². The van der Waals surface area contributed by atoms with Gasteiger partial charge in [-0.25, -0.2) is 4.98 Å². The summed E-state index contributed by atoms with van der Waals surface area (Å²) >= 11 is 0. The lowest BCUT2D eigenvalue weighted by Gasteiger charge is -2.16. The predicted molar refractivity (Wildman–Crippen MR) is 75.0 cm³/mol. The summed E-state index contributed by atoms with van der Waals surface area (Å²) in [6.07, 6.45) is 7.90. The van der Waals surface area contributed by atoms with Crippen molar-refractivity contribution >= 4 is 22.5 Å². The van der Waals surface area contributed by atoms with Crippen molar-refractivity contribution in [2.75, 3.05) is 0 Å². The Morgan fingerprint density at radius 2 is 1.89 bits per heavy atom. The van der Waals surface area contributed by atoms with Gasteiger partial charge in [-0.15, -0.1) is 0 Å². The van der Waals surface area contributed by atoms with Gasteiger partial charge in [0.05, 0.1) is 16.7 Å². The number of benzene rings is 1. The molecular formula is C15H15N3O. The Hall–Kier alpha value is -2.23. The molecule has 4 nitrogen and oxygen atoms in total. The molecule has 0 spiro atoms. The predicted octanol–water partition coefficient (Wildman–Crippen LogP) is 3.59. The molecule has 4 rings (SSSR count). The van der Waals surface area contributed by atoms with Gasteiger partial charge in [0.15, 0.2) is 0 Å². The Kier molecular flexibility index (Phi) is 2.18. The third-order valence-corrected chi connectivity index (χ3v) is 3.86. The molecule has 96 valence electrons. The monoisotopic (exact) mass is 253 g/mol. The lowest BCUT2D eigenvalue weighted by atomic mass is 10.0. The van der Waals surface area contributed by atoms with Crippen LogP contribution in [-0.4, -0.2) is 19.1 Å². The van der Waals surface area contributed by atoms with Crippen LogP contribution in [-0.2, 0) is 0 Å². The molecule has 0 unspecified atom stereocenters. The highest BCUT2D eigenvalue weighted by Crippen LogP contribution is 2.29. The summed E-state index contributed by atoms with van der Waals surface area (Å²) < 4.78 is 4.10. The van der Waals surface area contributed by atoms with Crippen LogP contribution in [0.5, 0.6) is 0 Å². The van der Waals surface area contributed by atoms with E-state index >= 15 is 0 Å². The molecule has 4 heteroatoms. The second-order valence-electron chi connectivity index (χ2n) is 5.04. The standard InChI is InChI=1S/C15H15N3O/c19-14-8-4-3-7-13(14)18-10-9-17-12-6-2-1-5-11(12)16-15(17)18/h1-2,5-6,9-10,19H,3-4,7-8H2. The van der Waals surface area contributed by atoms with E-state index in [1.165, 1.54) is 0 Å². The number of allylic oxidation sites excluding steroid dienone is 2. The molecule has 0 bridgehead atoms. The molecule has 2 aromatic heterocycles. The van der Waals surface area contributed by atoms with E-state index < -0.39 is 0 Å². The van der Waals surface area contributed by atoms with Crippen molar-refractivity contribution in [2.24, 2.45) is 0 Å². The van der Waals surface area contributed by atoms with Crippen LogP contribution in [0.25, 0.3) is 22.5 Å². The average Bonchev–Trinajstić information content (AvgIpc) is 2.98. The smallest absolute Gasteiger partial charge is 0.219 e. The van der Waals surface area contributed by atoms with Crippen molar-refractivity contribution in [3.63, 3.8) is 0 Å². The summed E-state index contributed by atoms with van der Waals surface area (Å²) in [6, 6.07) is 8.10. The number of aromatic nitrogens is 3. The third kappa shape index (κ3) is 1.49. The van der Waals surface area contributed by atoms with E-state index in [9.17, 15) is 5.11 Å². The number of aliphatic hydroxyl groups is 1. The number of fused-ring (bicyclic) bond motifs is 3. The summed E-state index contributed by atoms with van der Waals surface area (Å²) in [6.45, 7) is 0. The van der Waals surface area contributed by atoms with Crippen molar-refractivity contribution in [3.05, 3.63) is 42.4 Å². The molecule has 1 aliphatic carbocycles. The van der Waals surface area contributed by atoms with Crippen molar-refractivity contribution in [3.8, 4) is 0 Å². The largest absolute Gasteiger partial charge is 0.510 e. The Labute approximate surface area is 110 Å². The van der Waals surface area contributed by atoms with Gasteiger partial charge < -0.3 is 5.11 Å². The molecule has 0 radical (unpaired) electrons. The Morgan fingerprint density at radius 1 is 1.05 bits per heavy atom. The maximum absolute atomic E-state index is 10.1. The SMILES string of the molecule is OC1=C(n2ccn3c4ccccc4nc23)CCCC1. The van der Waals surface area contributed by atoms with Crippen molar-refractivity contribution < 1.29 is 5.11 Å². The summed E-state index contributed by atoms with van der Waals surface area (Å²) in [4.78, 5) is 4.67. The summed E-state index contributed by atoms with van der Waals surface area (Å²) in [5.41, 5.74) is 3.09. The number of aliphatic hydroxyl groups excluding tert-OH is 1. The van der Waals surface area contributed by atoms with Crippen molar-refractivity contribution in [1.29, 1.82) is 0 Å². The Bertz CT molecular complexity index is 794. The molecule has 0 amide bonds. The molecule has 3 aromatic rings. The molecule has 0 atom stereocenters. The van der Waals surface area contributed by atoms with Crippen LogP contribution in [0.1, 0.15) is 25.7 Å². The van der Waals surface area contributed by atoms with Crippen LogP contribution in [0.3, 0.4) is 0 Å². The highest BCUT2D eigenvalue weighted by Gasteiger charge is 2.17. The minimum atomic E-state index is 0.511. The van der Waals surface area contributed by atoms with E-state index in [4.69, 9.17) is 0 Å². The van der Waals surface area contributed by atoms with Crippen LogP contribution in [0.2, 0.25) is 0 Å². The number of hydrogen-bond acceptors (Lipinski definition) is 2. The molecule has 2 heterocycles. The molecule has 0 aliphatic heterocycles. The molecule has 0 saturated heterocycles. The fourth-order valence-electron chi connectivity index (χ4n) is 2.89. The first-order chi connectivity index (χ1) is 9.34. The van der Waals surface area contributed by atoms with E-state index in [0.29, 0.717) is 5.76 Å². The second kappa shape index (κ2) is 3.88. The number of para-hydroxylation sites is 2. The van der Waals surface area contributed by atoms with E-state index in [0.717, 1.165) is 48.2 Å². The van der Waals surface area contributed by atoms with E-state index in [-0.39, 0.29) is 0 Å². The van der Waals surface area contributed by atoms with Gasteiger partial charge in [0.2, 0.25) is 5.78 Å².